The maximum atomic E-state index is 10.9. The standard InChI is InChI=1S/C13H17NO3/c1-9(2)7-11(13(16)17)14-8-10-5-3-4-6-12(10)15/h3-6,8-9,11,15H,7H2,1-2H3,(H,16,17)/p-1/t11-/m0/s1. The van der Waals surface area contributed by atoms with Crippen molar-refractivity contribution in [2.75, 3.05) is 0 Å². The number of nitrogens with zero attached hydrogens (tertiary/aromatic N) is 1. The van der Waals surface area contributed by atoms with Crippen LogP contribution in [-0.4, -0.2) is 23.3 Å². The SMILES string of the molecule is CC(C)C[C@H](N=Cc1ccccc1O)C(=O)[O-]. The fraction of sp³-hybridized carbons (Fsp3) is 0.385. The summed E-state index contributed by atoms with van der Waals surface area (Å²) < 4.78 is 0. The zero-order valence-electron chi connectivity index (χ0n) is 9.96. The van der Waals surface area contributed by atoms with E-state index >= 15 is 0 Å². The summed E-state index contributed by atoms with van der Waals surface area (Å²) in [5, 5.41) is 20.3. The summed E-state index contributed by atoms with van der Waals surface area (Å²) in [5.41, 5.74) is 0.502. The molecule has 0 aliphatic rings. The first-order valence-corrected chi connectivity index (χ1v) is 5.52. The van der Waals surface area contributed by atoms with Crippen molar-refractivity contribution in [1.29, 1.82) is 0 Å². The molecule has 0 aliphatic heterocycles. The van der Waals surface area contributed by atoms with E-state index in [9.17, 15) is 15.0 Å². The Labute approximate surface area is 101 Å². The molecule has 0 heterocycles. The van der Waals surface area contributed by atoms with Crippen LogP contribution in [0, 0.1) is 5.92 Å². The van der Waals surface area contributed by atoms with Crippen molar-refractivity contribution in [2.45, 2.75) is 26.3 Å². The van der Waals surface area contributed by atoms with E-state index in [0.29, 0.717) is 12.0 Å². The van der Waals surface area contributed by atoms with Gasteiger partial charge in [-0.2, -0.15) is 0 Å². The first-order valence-electron chi connectivity index (χ1n) is 5.52. The van der Waals surface area contributed by atoms with Gasteiger partial charge >= 0.3 is 0 Å². The number of aliphatic carboxylic acids is 1. The van der Waals surface area contributed by atoms with Crippen molar-refractivity contribution in [2.24, 2.45) is 10.9 Å². The number of hydrogen-bond donors (Lipinski definition) is 1. The number of hydrogen-bond acceptors (Lipinski definition) is 4. The van der Waals surface area contributed by atoms with Crippen molar-refractivity contribution in [3.05, 3.63) is 29.8 Å². The van der Waals surface area contributed by atoms with Gasteiger partial charge in [0.2, 0.25) is 0 Å². The molecule has 0 fully saturated rings. The van der Waals surface area contributed by atoms with Gasteiger partial charge in [0.25, 0.3) is 0 Å². The third kappa shape index (κ3) is 4.26. The number of para-hydroxylation sites is 1. The molecule has 0 aliphatic carbocycles. The zero-order valence-corrected chi connectivity index (χ0v) is 9.96. The molecule has 4 heteroatoms. The van der Waals surface area contributed by atoms with Crippen LogP contribution in [0.1, 0.15) is 25.8 Å². The van der Waals surface area contributed by atoms with Gasteiger partial charge in [-0.1, -0.05) is 26.0 Å². The van der Waals surface area contributed by atoms with Crippen LogP contribution in [0.2, 0.25) is 0 Å². The molecule has 0 saturated carbocycles. The Balaban J connectivity index is 2.80. The maximum absolute atomic E-state index is 10.9. The van der Waals surface area contributed by atoms with Crippen LogP contribution in [0.3, 0.4) is 0 Å². The molecule has 17 heavy (non-hydrogen) atoms. The summed E-state index contributed by atoms with van der Waals surface area (Å²) in [6.07, 6.45) is 1.80. The molecule has 1 aromatic rings. The van der Waals surface area contributed by atoms with Gasteiger partial charge in [0.1, 0.15) is 5.75 Å². The predicted octanol–water partition coefficient (Wildman–Crippen LogP) is 0.976. The lowest BCUT2D eigenvalue weighted by Gasteiger charge is -2.15. The number of phenolic OH excluding ortho intramolecular Hbond substituents is 1. The van der Waals surface area contributed by atoms with Gasteiger partial charge < -0.3 is 15.0 Å². The third-order valence-electron chi connectivity index (χ3n) is 2.30. The molecule has 92 valence electrons. The number of carbonyl (C=O) groups excluding carboxylic acids is 1. The first kappa shape index (κ1) is 13.2. The van der Waals surface area contributed by atoms with Crippen LogP contribution >= 0.6 is 0 Å². The predicted molar refractivity (Wildman–Crippen MR) is 64.0 cm³/mol. The summed E-state index contributed by atoms with van der Waals surface area (Å²) in [4.78, 5) is 14.8. The number of aromatic hydroxyl groups is 1. The van der Waals surface area contributed by atoms with Gasteiger partial charge in [-0.05, 0) is 24.5 Å². The summed E-state index contributed by atoms with van der Waals surface area (Å²) in [7, 11) is 0. The number of benzene rings is 1. The number of aliphatic imine (C=N–C) groups is 1. The highest BCUT2D eigenvalue weighted by atomic mass is 16.4. The Morgan fingerprint density at radius 1 is 1.47 bits per heavy atom. The highest BCUT2D eigenvalue weighted by Gasteiger charge is 2.09. The zero-order chi connectivity index (χ0) is 12.8. The second kappa shape index (κ2) is 6.03. The van der Waals surface area contributed by atoms with E-state index in [0.717, 1.165) is 0 Å². The molecule has 0 bridgehead atoms. The van der Waals surface area contributed by atoms with Gasteiger partial charge in [-0.25, -0.2) is 0 Å². The first-order chi connectivity index (χ1) is 8.00. The summed E-state index contributed by atoms with van der Waals surface area (Å²) >= 11 is 0. The Morgan fingerprint density at radius 3 is 2.65 bits per heavy atom. The van der Waals surface area contributed by atoms with Crippen LogP contribution in [0.15, 0.2) is 29.3 Å². The lowest BCUT2D eigenvalue weighted by molar-refractivity contribution is -0.307. The van der Waals surface area contributed by atoms with Gasteiger partial charge in [0.05, 0.1) is 12.0 Å². The van der Waals surface area contributed by atoms with E-state index in [4.69, 9.17) is 0 Å². The number of rotatable bonds is 5. The van der Waals surface area contributed by atoms with Crippen LogP contribution in [0.5, 0.6) is 5.75 Å². The van der Waals surface area contributed by atoms with Crippen molar-refractivity contribution >= 4 is 12.2 Å². The number of phenols is 1. The van der Waals surface area contributed by atoms with Gasteiger partial charge in [0, 0.05) is 11.8 Å². The molecule has 0 saturated heterocycles. The summed E-state index contributed by atoms with van der Waals surface area (Å²) in [6, 6.07) is 5.77. The molecule has 0 amide bonds. The fourth-order valence-electron chi connectivity index (χ4n) is 1.43. The second-order valence-electron chi connectivity index (χ2n) is 4.30. The average Bonchev–Trinajstić information content (AvgIpc) is 2.25. The molecule has 1 rings (SSSR count). The highest BCUT2D eigenvalue weighted by molar-refractivity contribution is 5.85. The number of carbonyl (C=O) groups is 1. The Bertz CT molecular complexity index is 413. The van der Waals surface area contributed by atoms with E-state index in [1.165, 1.54) is 12.3 Å². The molecule has 1 atom stereocenters. The van der Waals surface area contributed by atoms with E-state index in [2.05, 4.69) is 4.99 Å². The van der Waals surface area contributed by atoms with E-state index in [1.807, 2.05) is 13.8 Å². The lowest BCUT2D eigenvalue weighted by atomic mass is 10.0. The molecular formula is C13H16NO3-. The van der Waals surface area contributed by atoms with E-state index in [-0.39, 0.29) is 11.7 Å². The summed E-state index contributed by atoms with van der Waals surface area (Å²) in [6.45, 7) is 3.84. The topological polar surface area (TPSA) is 72.7 Å². The molecule has 0 unspecified atom stereocenters. The molecule has 1 aromatic carbocycles. The monoisotopic (exact) mass is 234 g/mol. The molecular weight excluding hydrogens is 218 g/mol. The highest BCUT2D eigenvalue weighted by Crippen LogP contribution is 2.14. The largest absolute Gasteiger partial charge is 0.548 e. The molecule has 4 nitrogen and oxygen atoms in total. The molecule has 0 spiro atoms. The molecule has 1 N–H and O–H groups in total. The van der Waals surface area contributed by atoms with Crippen LogP contribution in [0.25, 0.3) is 0 Å². The quantitative estimate of drug-likeness (QED) is 0.772. The molecule has 0 radical (unpaired) electrons. The minimum Gasteiger partial charge on any atom is -0.548 e. The van der Waals surface area contributed by atoms with Crippen molar-refractivity contribution in [3.8, 4) is 5.75 Å². The van der Waals surface area contributed by atoms with Gasteiger partial charge in [0.15, 0.2) is 0 Å². The van der Waals surface area contributed by atoms with Crippen LogP contribution in [-0.2, 0) is 4.79 Å². The van der Waals surface area contributed by atoms with E-state index in [1.54, 1.807) is 18.2 Å². The fourth-order valence-corrected chi connectivity index (χ4v) is 1.43. The van der Waals surface area contributed by atoms with Crippen LogP contribution in [0.4, 0.5) is 0 Å². The minimum absolute atomic E-state index is 0.0814. The van der Waals surface area contributed by atoms with Crippen molar-refractivity contribution in [1.82, 2.24) is 0 Å². The second-order valence-corrected chi connectivity index (χ2v) is 4.30. The summed E-state index contributed by atoms with van der Waals surface area (Å²) in [5.74, 6) is -0.886. The Hall–Kier alpha value is -1.84. The third-order valence-corrected chi connectivity index (χ3v) is 2.30. The number of carboxylic acid groups (broad SMARTS) is 1. The minimum atomic E-state index is -1.19. The normalized spacial score (nSPS) is 13.1. The van der Waals surface area contributed by atoms with Crippen molar-refractivity contribution < 1.29 is 15.0 Å². The van der Waals surface area contributed by atoms with Crippen molar-refractivity contribution in [3.63, 3.8) is 0 Å². The lowest BCUT2D eigenvalue weighted by Crippen LogP contribution is -2.35. The van der Waals surface area contributed by atoms with Crippen LogP contribution < -0.4 is 5.11 Å². The maximum Gasteiger partial charge on any atom is 0.124 e. The average molecular weight is 234 g/mol. The Kier molecular flexibility index (Phi) is 4.69. The van der Waals surface area contributed by atoms with Gasteiger partial charge in [-0.3, -0.25) is 4.99 Å². The van der Waals surface area contributed by atoms with E-state index < -0.39 is 12.0 Å². The van der Waals surface area contributed by atoms with Gasteiger partial charge in [-0.15, -0.1) is 0 Å². The molecule has 0 aromatic heterocycles. The Morgan fingerprint density at radius 2 is 2.12 bits per heavy atom. The smallest absolute Gasteiger partial charge is 0.124 e. The number of carboxylic acids is 1.